The highest BCUT2D eigenvalue weighted by atomic mass is 15.3. The van der Waals surface area contributed by atoms with Crippen molar-refractivity contribution in [3.8, 4) is 0 Å². The predicted octanol–water partition coefficient (Wildman–Crippen LogP) is 1.65. The van der Waals surface area contributed by atoms with E-state index in [4.69, 9.17) is 0 Å². The quantitative estimate of drug-likeness (QED) is 0.866. The first-order valence-electron chi connectivity index (χ1n) is 6.44. The summed E-state index contributed by atoms with van der Waals surface area (Å²) >= 11 is 0. The number of hydrogen-bond donors (Lipinski definition) is 1. The molecule has 1 atom stereocenters. The summed E-state index contributed by atoms with van der Waals surface area (Å²) < 4.78 is 2.20. The molecule has 0 amide bonds. The monoisotopic (exact) mass is 236 g/mol. The second-order valence-corrected chi connectivity index (χ2v) is 5.86. The maximum absolute atomic E-state index is 4.48. The summed E-state index contributed by atoms with van der Waals surface area (Å²) in [6, 6.07) is 2.64. The summed E-state index contributed by atoms with van der Waals surface area (Å²) in [6.45, 7) is 10.0. The molecule has 0 aliphatic carbocycles. The van der Waals surface area contributed by atoms with Gasteiger partial charge >= 0.3 is 0 Å². The number of aromatic nitrogens is 2. The third-order valence-corrected chi connectivity index (χ3v) is 3.57. The van der Waals surface area contributed by atoms with Crippen LogP contribution in [0.4, 0.5) is 0 Å². The van der Waals surface area contributed by atoms with Crippen LogP contribution in [0.1, 0.15) is 38.9 Å². The van der Waals surface area contributed by atoms with Gasteiger partial charge in [-0.3, -0.25) is 9.58 Å². The van der Waals surface area contributed by atoms with Crippen molar-refractivity contribution in [1.29, 1.82) is 0 Å². The molecule has 1 aromatic rings. The Hall–Kier alpha value is -0.870. The van der Waals surface area contributed by atoms with Crippen LogP contribution in [-0.4, -0.2) is 40.4 Å². The fourth-order valence-electron chi connectivity index (χ4n) is 2.54. The minimum Gasteiger partial charge on any atom is -0.314 e. The van der Waals surface area contributed by atoms with Gasteiger partial charge in [0.2, 0.25) is 0 Å². The molecule has 0 bridgehead atoms. The van der Waals surface area contributed by atoms with Gasteiger partial charge in [0, 0.05) is 31.4 Å². The zero-order chi connectivity index (χ0) is 12.5. The zero-order valence-electron chi connectivity index (χ0n) is 11.4. The number of nitrogens with one attached hydrogen (secondary N) is 1. The average molecular weight is 236 g/mol. The van der Waals surface area contributed by atoms with E-state index in [9.17, 15) is 0 Å². The summed E-state index contributed by atoms with van der Waals surface area (Å²) in [5.41, 5.74) is 1.55. The Bertz CT molecular complexity index is 364. The van der Waals surface area contributed by atoms with E-state index in [0.717, 1.165) is 13.1 Å². The largest absolute Gasteiger partial charge is 0.314 e. The van der Waals surface area contributed by atoms with Crippen LogP contribution in [0.3, 0.4) is 0 Å². The Kier molecular flexibility index (Phi) is 3.54. The molecule has 4 heteroatoms. The first kappa shape index (κ1) is 12.6. The van der Waals surface area contributed by atoms with E-state index in [1.807, 2.05) is 13.2 Å². The first-order valence-corrected chi connectivity index (χ1v) is 6.44. The third kappa shape index (κ3) is 2.69. The predicted molar refractivity (Wildman–Crippen MR) is 70.0 cm³/mol. The molecular formula is C13H24N4. The van der Waals surface area contributed by atoms with E-state index in [0.29, 0.717) is 6.04 Å². The van der Waals surface area contributed by atoms with Gasteiger partial charge in [-0.15, -0.1) is 0 Å². The van der Waals surface area contributed by atoms with Gasteiger partial charge in [-0.1, -0.05) is 0 Å². The second-order valence-electron chi connectivity index (χ2n) is 5.86. The molecule has 0 radical (unpaired) electrons. The summed E-state index contributed by atoms with van der Waals surface area (Å²) in [4.78, 5) is 2.54. The van der Waals surface area contributed by atoms with E-state index < -0.39 is 0 Å². The molecule has 2 rings (SSSR count). The third-order valence-electron chi connectivity index (χ3n) is 3.57. The Balaban J connectivity index is 2.07. The Morgan fingerprint density at radius 3 is 2.82 bits per heavy atom. The van der Waals surface area contributed by atoms with Crippen LogP contribution in [0.5, 0.6) is 0 Å². The van der Waals surface area contributed by atoms with E-state index in [1.54, 1.807) is 0 Å². The van der Waals surface area contributed by atoms with Crippen LogP contribution in [0.15, 0.2) is 12.3 Å². The molecule has 1 aliphatic rings. The highest BCUT2D eigenvalue weighted by Gasteiger charge is 2.31. The normalized spacial score (nSPS) is 22.2. The fourth-order valence-corrected chi connectivity index (χ4v) is 2.54. The highest BCUT2D eigenvalue weighted by molar-refractivity contribution is 5.03. The molecule has 1 aliphatic heterocycles. The molecule has 0 spiro atoms. The molecule has 1 saturated heterocycles. The number of hydrogen-bond acceptors (Lipinski definition) is 3. The van der Waals surface area contributed by atoms with Crippen molar-refractivity contribution in [3.05, 3.63) is 18.0 Å². The number of rotatable bonds is 3. The zero-order valence-corrected chi connectivity index (χ0v) is 11.4. The van der Waals surface area contributed by atoms with Crippen LogP contribution in [0, 0.1) is 0 Å². The minimum atomic E-state index is 0.269. The molecular weight excluding hydrogens is 212 g/mol. The van der Waals surface area contributed by atoms with Gasteiger partial charge in [0.15, 0.2) is 0 Å². The average Bonchev–Trinajstić information content (AvgIpc) is 2.82. The van der Waals surface area contributed by atoms with Crippen molar-refractivity contribution in [2.75, 3.05) is 20.1 Å². The summed E-state index contributed by atoms with van der Waals surface area (Å²) in [5, 5.41) is 7.68. The van der Waals surface area contributed by atoms with Crippen LogP contribution in [0.25, 0.3) is 0 Å². The van der Waals surface area contributed by atoms with Crippen molar-refractivity contribution in [2.24, 2.45) is 0 Å². The number of nitrogens with zero attached hydrogens (tertiary/aromatic N) is 3. The minimum absolute atomic E-state index is 0.269. The lowest BCUT2D eigenvalue weighted by Crippen LogP contribution is -2.39. The van der Waals surface area contributed by atoms with Gasteiger partial charge in [0.1, 0.15) is 0 Å². The molecule has 17 heavy (non-hydrogen) atoms. The van der Waals surface area contributed by atoms with Gasteiger partial charge in [0.05, 0.1) is 11.7 Å². The molecule has 4 nitrogen and oxygen atoms in total. The van der Waals surface area contributed by atoms with Crippen molar-refractivity contribution in [3.63, 3.8) is 0 Å². The van der Waals surface area contributed by atoms with Gasteiger partial charge in [-0.25, -0.2) is 0 Å². The lowest BCUT2D eigenvalue weighted by molar-refractivity contribution is 0.167. The smallest absolute Gasteiger partial charge is 0.0662 e. The fraction of sp³-hybridized carbons (Fsp3) is 0.769. The second kappa shape index (κ2) is 4.78. The summed E-state index contributed by atoms with van der Waals surface area (Å²) in [6.07, 6.45) is 3.11. The van der Waals surface area contributed by atoms with Crippen molar-refractivity contribution in [2.45, 2.75) is 45.3 Å². The van der Waals surface area contributed by atoms with Gasteiger partial charge in [-0.2, -0.15) is 5.10 Å². The molecule has 1 unspecified atom stereocenters. The molecule has 96 valence electrons. The van der Waals surface area contributed by atoms with E-state index in [-0.39, 0.29) is 5.54 Å². The summed E-state index contributed by atoms with van der Waals surface area (Å²) in [7, 11) is 1.98. The van der Waals surface area contributed by atoms with Crippen molar-refractivity contribution in [1.82, 2.24) is 20.0 Å². The number of likely N-dealkylation sites (tertiary alicyclic amines) is 1. The van der Waals surface area contributed by atoms with Gasteiger partial charge in [-0.05, 0) is 40.3 Å². The lowest BCUT2D eigenvalue weighted by Gasteiger charge is -2.31. The van der Waals surface area contributed by atoms with Crippen LogP contribution in [-0.2, 0) is 6.54 Å². The van der Waals surface area contributed by atoms with Crippen LogP contribution >= 0.6 is 0 Å². The molecule has 0 aromatic carbocycles. The maximum Gasteiger partial charge on any atom is 0.0662 e. The van der Waals surface area contributed by atoms with Gasteiger partial charge < -0.3 is 5.32 Å². The molecule has 2 heterocycles. The summed E-state index contributed by atoms with van der Waals surface area (Å²) in [5.74, 6) is 0. The van der Waals surface area contributed by atoms with E-state index >= 15 is 0 Å². The molecule has 0 saturated carbocycles. The van der Waals surface area contributed by atoms with Crippen molar-refractivity contribution < 1.29 is 0 Å². The first-order chi connectivity index (χ1) is 8.02. The molecule has 1 fully saturated rings. The Labute approximate surface area is 104 Å². The topological polar surface area (TPSA) is 33.1 Å². The van der Waals surface area contributed by atoms with Crippen LogP contribution < -0.4 is 5.32 Å². The van der Waals surface area contributed by atoms with Crippen LogP contribution in [0.2, 0.25) is 0 Å². The van der Waals surface area contributed by atoms with Crippen molar-refractivity contribution >= 4 is 0 Å². The standard InChI is InChI=1S/C13H24N4/c1-13(2,3)16-8-6-12(10-16)17-11(9-14-4)5-7-15-17/h5,7,12,14H,6,8-10H2,1-4H3. The highest BCUT2D eigenvalue weighted by Crippen LogP contribution is 2.27. The Morgan fingerprint density at radius 2 is 2.24 bits per heavy atom. The van der Waals surface area contributed by atoms with E-state index in [1.165, 1.54) is 18.7 Å². The SMILES string of the molecule is CNCc1ccnn1C1CCN(C(C)(C)C)C1. The molecule has 1 aromatic heterocycles. The van der Waals surface area contributed by atoms with E-state index in [2.05, 4.69) is 46.8 Å². The Morgan fingerprint density at radius 1 is 1.47 bits per heavy atom. The maximum atomic E-state index is 4.48. The van der Waals surface area contributed by atoms with Gasteiger partial charge in [0.25, 0.3) is 0 Å². The molecule has 1 N–H and O–H groups in total. The lowest BCUT2D eigenvalue weighted by atomic mass is 10.1.